The highest BCUT2D eigenvalue weighted by molar-refractivity contribution is 6.31. The van der Waals surface area contributed by atoms with Gasteiger partial charge in [0.2, 0.25) is 0 Å². The molecule has 102 valence electrons. The Hall–Kier alpha value is -1.90. The number of halogens is 2. The molecule has 1 aromatic heterocycles. The molecule has 0 saturated carbocycles. The monoisotopic (exact) mass is 290 g/mol. The van der Waals surface area contributed by atoms with Gasteiger partial charge >= 0.3 is 0 Å². The fourth-order valence-electron chi connectivity index (χ4n) is 2.52. The molecular weight excluding hydrogens is 279 g/mol. The van der Waals surface area contributed by atoms with Gasteiger partial charge in [0.25, 0.3) is 0 Å². The summed E-state index contributed by atoms with van der Waals surface area (Å²) in [6.45, 7) is 3.19. The number of anilines is 1. The number of hydrogen-bond donors (Lipinski definition) is 1. The van der Waals surface area contributed by atoms with Gasteiger partial charge in [-0.05, 0) is 12.1 Å². The molecule has 1 saturated heterocycles. The van der Waals surface area contributed by atoms with Crippen molar-refractivity contribution in [3.63, 3.8) is 0 Å². The molecule has 0 amide bonds. The summed E-state index contributed by atoms with van der Waals surface area (Å²) in [5.41, 5.74) is 1.42. The van der Waals surface area contributed by atoms with Crippen LogP contribution >= 0.6 is 11.6 Å². The van der Waals surface area contributed by atoms with Crippen LogP contribution in [0.15, 0.2) is 18.3 Å². The van der Waals surface area contributed by atoms with Gasteiger partial charge in [0, 0.05) is 42.8 Å². The molecule has 1 N–H and O–H groups in total. The summed E-state index contributed by atoms with van der Waals surface area (Å²) >= 11 is 5.95. The summed E-state index contributed by atoms with van der Waals surface area (Å²) in [6, 6.07) is 5.05. The number of rotatable bonds is 1. The minimum atomic E-state index is -0.464. The van der Waals surface area contributed by atoms with Crippen LogP contribution in [0.4, 0.5) is 10.1 Å². The van der Waals surface area contributed by atoms with Crippen LogP contribution in [0.2, 0.25) is 5.02 Å². The molecule has 6 heteroatoms. The van der Waals surface area contributed by atoms with E-state index >= 15 is 0 Å². The Morgan fingerprint density at radius 3 is 2.80 bits per heavy atom. The first kappa shape index (κ1) is 13.1. The Bertz CT molecular complexity index is 704. The predicted octanol–water partition coefficient (Wildman–Crippen LogP) is 2.31. The Kier molecular flexibility index (Phi) is 3.43. The molecule has 20 heavy (non-hydrogen) atoms. The molecule has 2 heterocycles. The topological polar surface area (TPSA) is 52.0 Å². The van der Waals surface area contributed by atoms with Gasteiger partial charge in [0.05, 0.1) is 11.3 Å². The molecule has 0 unspecified atom stereocenters. The molecule has 1 aromatic carbocycles. The van der Waals surface area contributed by atoms with Gasteiger partial charge in [-0.1, -0.05) is 11.6 Å². The number of fused-ring (bicyclic) bond motifs is 1. The van der Waals surface area contributed by atoms with Crippen LogP contribution < -0.4 is 10.2 Å². The highest BCUT2D eigenvalue weighted by Gasteiger charge is 2.19. The largest absolute Gasteiger partial charge is 0.367 e. The Morgan fingerprint density at radius 1 is 1.35 bits per heavy atom. The summed E-state index contributed by atoms with van der Waals surface area (Å²) in [7, 11) is 0. The SMILES string of the molecule is N#Cc1cnc2c(F)cc(Cl)cc2c1N1CCNCC1. The summed E-state index contributed by atoms with van der Waals surface area (Å²) in [4.78, 5) is 6.13. The highest BCUT2D eigenvalue weighted by Crippen LogP contribution is 2.32. The minimum Gasteiger partial charge on any atom is -0.367 e. The average Bonchev–Trinajstić information content (AvgIpc) is 2.46. The van der Waals surface area contributed by atoms with E-state index in [0.29, 0.717) is 16.0 Å². The normalized spacial score (nSPS) is 15.3. The van der Waals surface area contributed by atoms with E-state index in [1.54, 1.807) is 6.07 Å². The number of pyridine rings is 1. The molecule has 1 aliphatic heterocycles. The van der Waals surface area contributed by atoms with Crippen LogP contribution in [-0.2, 0) is 0 Å². The van der Waals surface area contributed by atoms with Crippen LogP contribution in [0, 0.1) is 17.1 Å². The summed E-state index contributed by atoms with van der Waals surface area (Å²) < 4.78 is 14.0. The van der Waals surface area contributed by atoms with Crippen molar-refractivity contribution >= 4 is 28.2 Å². The molecule has 2 aromatic rings. The van der Waals surface area contributed by atoms with Crippen molar-refractivity contribution in [2.45, 2.75) is 0 Å². The van der Waals surface area contributed by atoms with E-state index in [9.17, 15) is 9.65 Å². The van der Waals surface area contributed by atoms with E-state index < -0.39 is 5.82 Å². The van der Waals surface area contributed by atoms with Gasteiger partial charge in [-0.3, -0.25) is 4.98 Å². The van der Waals surface area contributed by atoms with Crippen LogP contribution in [0.3, 0.4) is 0 Å². The predicted molar refractivity (Wildman–Crippen MR) is 76.5 cm³/mol. The molecule has 0 atom stereocenters. The Morgan fingerprint density at radius 2 is 2.10 bits per heavy atom. The maximum Gasteiger partial charge on any atom is 0.150 e. The molecule has 0 bridgehead atoms. The Balaban J connectivity index is 2.28. The molecule has 0 spiro atoms. The van der Waals surface area contributed by atoms with Gasteiger partial charge in [0.1, 0.15) is 11.6 Å². The van der Waals surface area contributed by atoms with Crippen molar-refractivity contribution < 1.29 is 4.39 Å². The first-order valence-corrected chi connectivity index (χ1v) is 6.72. The standard InChI is InChI=1S/C14H12ClFN4/c15-10-5-11-13(12(16)6-10)19-8-9(7-17)14(11)20-3-1-18-2-4-20/h5-6,8,18H,1-4H2. The minimum absolute atomic E-state index is 0.252. The average molecular weight is 291 g/mol. The summed E-state index contributed by atoms with van der Waals surface area (Å²) in [5.74, 6) is -0.464. The third-order valence-electron chi connectivity index (χ3n) is 3.41. The van der Waals surface area contributed by atoms with E-state index in [4.69, 9.17) is 11.6 Å². The quantitative estimate of drug-likeness (QED) is 0.876. The lowest BCUT2D eigenvalue weighted by molar-refractivity contribution is 0.589. The second-order valence-electron chi connectivity index (χ2n) is 4.65. The van der Waals surface area contributed by atoms with E-state index in [1.165, 1.54) is 12.3 Å². The number of nitriles is 1. The lowest BCUT2D eigenvalue weighted by Gasteiger charge is -2.31. The van der Waals surface area contributed by atoms with Crippen molar-refractivity contribution in [2.24, 2.45) is 0 Å². The number of nitrogens with zero attached hydrogens (tertiary/aromatic N) is 3. The van der Waals surface area contributed by atoms with Crippen molar-refractivity contribution in [1.82, 2.24) is 10.3 Å². The number of benzene rings is 1. The van der Waals surface area contributed by atoms with Gasteiger partial charge in [-0.25, -0.2) is 4.39 Å². The molecule has 3 rings (SSSR count). The lowest BCUT2D eigenvalue weighted by Crippen LogP contribution is -2.44. The smallest absolute Gasteiger partial charge is 0.150 e. The van der Waals surface area contributed by atoms with Gasteiger partial charge in [-0.2, -0.15) is 5.26 Å². The zero-order chi connectivity index (χ0) is 14.1. The van der Waals surface area contributed by atoms with E-state index in [2.05, 4.69) is 21.3 Å². The first-order valence-electron chi connectivity index (χ1n) is 6.34. The number of piperazine rings is 1. The van der Waals surface area contributed by atoms with Crippen LogP contribution in [0.5, 0.6) is 0 Å². The van der Waals surface area contributed by atoms with Gasteiger partial charge in [0.15, 0.2) is 5.82 Å². The third kappa shape index (κ3) is 2.17. The molecule has 4 nitrogen and oxygen atoms in total. The zero-order valence-corrected chi connectivity index (χ0v) is 11.4. The van der Waals surface area contributed by atoms with Crippen molar-refractivity contribution in [3.8, 4) is 6.07 Å². The third-order valence-corrected chi connectivity index (χ3v) is 3.63. The first-order chi connectivity index (χ1) is 9.70. The van der Waals surface area contributed by atoms with E-state index in [1.807, 2.05) is 0 Å². The summed E-state index contributed by atoms with van der Waals surface area (Å²) in [6.07, 6.45) is 1.43. The van der Waals surface area contributed by atoms with Gasteiger partial charge < -0.3 is 10.2 Å². The van der Waals surface area contributed by atoms with E-state index in [0.717, 1.165) is 31.9 Å². The van der Waals surface area contributed by atoms with Crippen molar-refractivity contribution in [1.29, 1.82) is 5.26 Å². The summed E-state index contributed by atoms with van der Waals surface area (Å²) in [5, 5.41) is 13.4. The maximum absolute atomic E-state index is 14.0. The van der Waals surface area contributed by atoms with Crippen molar-refractivity contribution in [2.75, 3.05) is 31.1 Å². The Labute approximate surface area is 120 Å². The highest BCUT2D eigenvalue weighted by atomic mass is 35.5. The maximum atomic E-state index is 14.0. The van der Waals surface area contributed by atoms with E-state index in [-0.39, 0.29) is 5.52 Å². The zero-order valence-electron chi connectivity index (χ0n) is 10.7. The number of aromatic nitrogens is 1. The molecular formula is C14H12ClFN4. The van der Waals surface area contributed by atoms with Gasteiger partial charge in [-0.15, -0.1) is 0 Å². The molecule has 1 fully saturated rings. The number of nitrogens with one attached hydrogen (secondary N) is 1. The fraction of sp³-hybridized carbons (Fsp3) is 0.286. The van der Waals surface area contributed by atoms with Crippen molar-refractivity contribution in [3.05, 3.63) is 34.7 Å². The van der Waals surface area contributed by atoms with Crippen LogP contribution in [0.1, 0.15) is 5.56 Å². The molecule has 0 radical (unpaired) electrons. The lowest BCUT2D eigenvalue weighted by atomic mass is 10.1. The second-order valence-corrected chi connectivity index (χ2v) is 5.09. The molecule has 0 aliphatic carbocycles. The second kappa shape index (κ2) is 5.23. The fourth-order valence-corrected chi connectivity index (χ4v) is 2.73. The van der Waals surface area contributed by atoms with Crippen LogP contribution in [-0.4, -0.2) is 31.2 Å². The van der Waals surface area contributed by atoms with Crippen LogP contribution in [0.25, 0.3) is 10.9 Å². The molecule has 1 aliphatic rings. The number of hydrogen-bond acceptors (Lipinski definition) is 4.